The fourth-order valence-corrected chi connectivity index (χ4v) is 2.23. The van der Waals surface area contributed by atoms with Crippen LogP contribution in [0.1, 0.15) is 10.5 Å². The van der Waals surface area contributed by atoms with Crippen molar-refractivity contribution in [3.05, 3.63) is 42.2 Å². The number of hydrogen-bond acceptors (Lipinski definition) is 3. The maximum atomic E-state index is 12.1. The summed E-state index contributed by atoms with van der Waals surface area (Å²) in [5.74, 6) is -0.0494. The topological polar surface area (TPSA) is 38.1 Å². The van der Waals surface area contributed by atoms with Gasteiger partial charge in [0.25, 0.3) is 5.91 Å². The van der Waals surface area contributed by atoms with Crippen LogP contribution in [0.2, 0.25) is 0 Å². The second kappa shape index (κ2) is 5.27. The van der Waals surface area contributed by atoms with E-state index in [9.17, 15) is 4.79 Å². The fraction of sp³-hybridized carbons (Fsp3) is 0.231. The lowest BCUT2D eigenvalue weighted by Gasteiger charge is -2.13. The number of hydrogen-bond donors (Lipinski definition) is 0. The molecule has 1 heterocycles. The summed E-state index contributed by atoms with van der Waals surface area (Å²) < 4.78 is 1.88. The van der Waals surface area contributed by atoms with Crippen LogP contribution in [0.15, 0.2) is 41.7 Å². The van der Waals surface area contributed by atoms with E-state index in [0.717, 1.165) is 10.8 Å². The number of benzene rings is 1. The van der Waals surface area contributed by atoms with E-state index in [0.29, 0.717) is 5.69 Å². The number of para-hydroxylation sites is 1. The van der Waals surface area contributed by atoms with Crippen LogP contribution in [0.4, 0.5) is 0 Å². The number of amides is 1. The zero-order valence-corrected chi connectivity index (χ0v) is 11.4. The lowest BCUT2D eigenvalue weighted by molar-refractivity contribution is 0.0819. The summed E-state index contributed by atoms with van der Waals surface area (Å²) in [6, 6.07) is 9.78. The van der Waals surface area contributed by atoms with Crippen LogP contribution in [-0.4, -0.2) is 40.7 Å². The van der Waals surface area contributed by atoms with Crippen molar-refractivity contribution in [1.29, 1.82) is 0 Å². The Labute approximate surface area is 111 Å². The van der Waals surface area contributed by atoms with Crippen molar-refractivity contribution in [1.82, 2.24) is 14.5 Å². The van der Waals surface area contributed by atoms with Gasteiger partial charge in [0.2, 0.25) is 0 Å². The van der Waals surface area contributed by atoms with E-state index < -0.39 is 0 Å². The fourth-order valence-electron chi connectivity index (χ4n) is 1.69. The van der Waals surface area contributed by atoms with Crippen LogP contribution in [-0.2, 0) is 0 Å². The number of thioether (sulfide) groups is 1. The predicted octanol–water partition coefficient (Wildman–Crippen LogP) is 2.30. The number of nitrogens with zero attached hydrogens (tertiary/aromatic N) is 3. The predicted molar refractivity (Wildman–Crippen MR) is 73.4 cm³/mol. The van der Waals surface area contributed by atoms with E-state index >= 15 is 0 Å². The van der Waals surface area contributed by atoms with Crippen molar-refractivity contribution < 1.29 is 4.79 Å². The highest BCUT2D eigenvalue weighted by molar-refractivity contribution is 7.98. The molecular weight excluding hydrogens is 246 g/mol. The molecule has 1 amide bonds. The molecule has 0 saturated carbocycles. The molecule has 0 aliphatic rings. The van der Waals surface area contributed by atoms with Gasteiger partial charge in [-0.2, -0.15) is 0 Å². The largest absolute Gasteiger partial charge is 0.343 e. The molecule has 0 N–H and O–H groups in total. The lowest BCUT2D eigenvalue weighted by atomic mass is 10.3. The molecule has 4 nitrogen and oxygen atoms in total. The van der Waals surface area contributed by atoms with Gasteiger partial charge in [-0.1, -0.05) is 30.0 Å². The Morgan fingerprint density at radius 3 is 2.50 bits per heavy atom. The molecule has 1 aromatic heterocycles. The Hall–Kier alpha value is -1.75. The molecule has 0 atom stereocenters. The van der Waals surface area contributed by atoms with Gasteiger partial charge in [-0.3, -0.25) is 9.36 Å². The molecule has 18 heavy (non-hydrogen) atoms. The van der Waals surface area contributed by atoms with Crippen molar-refractivity contribution in [2.24, 2.45) is 0 Å². The van der Waals surface area contributed by atoms with Gasteiger partial charge in [0.05, 0.1) is 6.20 Å². The van der Waals surface area contributed by atoms with E-state index in [1.807, 2.05) is 41.2 Å². The third-order valence-corrected chi connectivity index (χ3v) is 3.20. The molecule has 0 unspecified atom stereocenters. The summed E-state index contributed by atoms with van der Waals surface area (Å²) in [7, 11) is 3.48. The van der Waals surface area contributed by atoms with Crippen LogP contribution < -0.4 is 0 Å². The Kier molecular flexibility index (Phi) is 3.72. The summed E-state index contributed by atoms with van der Waals surface area (Å²) in [6.07, 6.45) is 3.58. The van der Waals surface area contributed by atoms with Crippen molar-refractivity contribution in [2.75, 3.05) is 20.4 Å². The number of rotatable bonds is 3. The van der Waals surface area contributed by atoms with Crippen molar-refractivity contribution in [2.45, 2.75) is 5.16 Å². The van der Waals surface area contributed by atoms with Gasteiger partial charge in [-0.05, 0) is 18.4 Å². The SMILES string of the molecule is CSc1ncc(C(=O)N(C)C)n1-c1ccccc1. The molecule has 0 saturated heterocycles. The lowest BCUT2D eigenvalue weighted by Crippen LogP contribution is -2.24. The molecule has 0 bridgehead atoms. The van der Waals surface area contributed by atoms with Gasteiger partial charge in [-0.15, -0.1) is 0 Å². The summed E-state index contributed by atoms with van der Waals surface area (Å²) in [5, 5.41) is 0.811. The molecule has 5 heteroatoms. The molecule has 0 fully saturated rings. The molecule has 0 spiro atoms. The number of carbonyl (C=O) groups excluding carboxylic acids is 1. The minimum absolute atomic E-state index is 0.0494. The van der Waals surface area contributed by atoms with Gasteiger partial charge in [-0.25, -0.2) is 4.98 Å². The van der Waals surface area contributed by atoms with Crippen molar-refractivity contribution in [3.8, 4) is 5.69 Å². The number of imidazole rings is 1. The zero-order chi connectivity index (χ0) is 13.1. The van der Waals surface area contributed by atoms with Crippen LogP contribution in [0.3, 0.4) is 0 Å². The van der Waals surface area contributed by atoms with E-state index in [-0.39, 0.29) is 5.91 Å². The minimum atomic E-state index is -0.0494. The van der Waals surface area contributed by atoms with Gasteiger partial charge in [0.15, 0.2) is 5.16 Å². The average Bonchev–Trinajstić information content (AvgIpc) is 2.82. The van der Waals surface area contributed by atoms with Gasteiger partial charge in [0.1, 0.15) is 5.69 Å². The highest BCUT2D eigenvalue weighted by Gasteiger charge is 2.18. The first-order valence-electron chi connectivity index (χ1n) is 5.54. The van der Waals surface area contributed by atoms with E-state index in [2.05, 4.69) is 4.98 Å². The van der Waals surface area contributed by atoms with Crippen molar-refractivity contribution >= 4 is 17.7 Å². The average molecular weight is 261 g/mol. The summed E-state index contributed by atoms with van der Waals surface area (Å²) >= 11 is 1.52. The molecule has 0 aliphatic carbocycles. The molecule has 2 aromatic rings. The van der Waals surface area contributed by atoms with E-state index in [1.54, 1.807) is 25.2 Å². The molecular formula is C13H15N3OS. The third kappa shape index (κ3) is 2.26. The summed E-state index contributed by atoms with van der Waals surface area (Å²) in [4.78, 5) is 18.0. The van der Waals surface area contributed by atoms with Crippen LogP contribution in [0, 0.1) is 0 Å². The Morgan fingerprint density at radius 2 is 1.94 bits per heavy atom. The first kappa shape index (κ1) is 12.7. The smallest absolute Gasteiger partial charge is 0.272 e. The Balaban J connectivity index is 2.57. The van der Waals surface area contributed by atoms with Crippen LogP contribution >= 0.6 is 11.8 Å². The second-order valence-corrected chi connectivity index (χ2v) is 4.77. The van der Waals surface area contributed by atoms with E-state index in [4.69, 9.17) is 0 Å². The zero-order valence-electron chi connectivity index (χ0n) is 10.6. The second-order valence-electron chi connectivity index (χ2n) is 4.00. The summed E-state index contributed by atoms with van der Waals surface area (Å²) in [6.45, 7) is 0. The normalized spacial score (nSPS) is 10.4. The molecule has 0 radical (unpaired) electrons. The standard InChI is InChI=1S/C13H15N3OS/c1-15(2)12(17)11-9-14-13(18-3)16(11)10-7-5-4-6-8-10/h4-9H,1-3H3. The monoisotopic (exact) mass is 261 g/mol. The molecule has 94 valence electrons. The Morgan fingerprint density at radius 1 is 1.28 bits per heavy atom. The quantitative estimate of drug-likeness (QED) is 0.796. The molecule has 0 aliphatic heterocycles. The van der Waals surface area contributed by atoms with E-state index in [1.165, 1.54) is 11.8 Å². The third-order valence-electron chi connectivity index (χ3n) is 2.55. The van der Waals surface area contributed by atoms with Crippen LogP contribution in [0.25, 0.3) is 5.69 Å². The number of carbonyl (C=O) groups is 1. The minimum Gasteiger partial charge on any atom is -0.343 e. The van der Waals surface area contributed by atoms with Gasteiger partial charge >= 0.3 is 0 Å². The van der Waals surface area contributed by atoms with Gasteiger partial charge in [0, 0.05) is 19.8 Å². The maximum absolute atomic E-state index is 12.1. The summed E-state index contributed by atoms with van der Waals surface area (Å²) in [5.41, 5.74) is 1.53. The van der Waals surface area contributed by atoms with Gasteiger partial charge < -0.3 is 4.90 Å². The maximum Gasteiger partial charge on any atom is 0.272 e. The van der Waals surface area contributed by atoms with Crippen molar-refractivity contribution in [3.63, 3.8) is 0 Å². The molecule has 2 rings (SSSR count). The highest BCUT2D eigenvalue weighted by Crippen LogP contribution is 2.22. The van der Waals surface area contributed by atoms with Crippen LogP contribution in [0.5, 0.6) is 0 Å². The number of aromatic nitrogens is 2. The first-order chi connectivity index (χ1) is 8.65. The highest BCUT2D eigenvalue weighted by atomic mass is 32.2. The Bertz CT molecular complexity index is 549. The first-order valence-corrected chi connectivity index (χ1v) is 6.76. The molecule has 1 aromatic carbocycles.